The van der Waals surface area contributed by atoms with E-state index in [1.807, 2.05) is 72.8 Å². The van der Waals surface area contributed by atoms with Crippen molar-refractivity contribution < 1.29 is 38.4 Å². The van der Waals surface area contributed by atoms with Gasteiger partial charge in [-0.2, -0.15) is 0 Å². The first-order valence-corrected chi connectivity index (χ1v) is 34.2. The molecule has 0 saturated heterocycles. The first kappa shape index (κ1) is 76.8. The van der Waals surface area contributed by atoms with E-state index in [0.717, 1.165) is 52.0 Å². The van der Waals surface area contributed by atoms with Crippen LogP contribution in [0.4, 0.5) is 0 Å². The summed E-state index contributed by atoms with van der Waals surface area (Å²) in [5.41, 5.74) is 50.2. The Bertz CT molecular complexity index is 3640. The van der Waals surface area contributed by atoms with Gasteiger partial charge in [-0.25, -0.2) is 0 Å². The SMILES string of the molecule is CCCCCCCCCCCC(=O)NCCCC[C@H](NC(=O)[C@H](Cc1c[nH]c2ccccc12)NC(=O)[C@H](CCCN=C(N)N)NC(=O)[C@H](Cc1c[nH]c2ccccc12)NC(=O)[C@H](CCCN=C(N)N)NC(=O)[C@H](Cc1c[nH]c2ccccc12)NC(=O)[C@@H](N)CCCN=C(N)N)C(N)=O. The zero-order valence-electron chi connectivity index (χ0n) is 56.3. The summed E-state index contributed by atoms with van der Waals surface area (Å²) in [6.45, 7) is 2.86. The van der Waals surface area contributed by atoms with E-state index in [1.54, 1.807) is 18.6 Å². The molecule has 0 radical (unpaired) electrons. The number of hydrogen-bond acceptors (Lipinski definition) is 12. The van der Waals surface area contributed by atoms with Gasteiger partial charge in [-0.1, -0.05) is 113 Å². The standard InChI is InChI=1S/C69H103N21O8/c1-2-3-4-5-6-7-8-9-10-32-59(91)78-33-18-17-29-53(60(71)92)85-64(96)57(38-44-41-83-51-27-15-12-23-47(44)51)89-62(94)55(31-21-36-81-69(76)77)87-66(98)58(39-45-42-84-52-28-16-13-24-48(45)52)90-63(95)54(30-20-35-80-68(74)75)86-65(97)56(37-43-40-82-50-26-14-11-22-46(43)50)88-61(93)49(70)25-19-34-79-67(72)73/h11-16,22-24,26-28,40-42,49,53-58,82-84H,2-10,17-21,25,29-39,70H2,1H3,(H2,71,92)(H,78,91)(H,85,96)(H,86,97)(H,87,98)(H,88,93)(H,89,94)(H,90,95)(H4,72,73,79)(H4,74,75,80)(H4,76,77,81)/t49-,53-,54-,55-,56-,57-,58-/m0/s1. The minimum atomic E-state index is -1.46. The Morgan fingerprint density at radius 2 is 0.724 bits per heavy atom. The average Bonchev–Trinajstić information content (AvgIpc) is 1.66. The van der Waals surface area contributed by atoms with Gasteiger partial charge in [-0.15, -0.1) is 0 Å². The van der Waals surface area contributed by atoms with Crippen molar-refractivity contribution in [2.24, 2.45) is 60.8 Å². The number of nitrogens with zero attached hydrogens (tertiary/aromatic N) is 3. The molecule has 29 nitrogen and oxygen atoms in total. The number of carbonyl (C=O) groups is 8. The van der Waals surface area contributed by atoms with E-state index >= 15 is 14.4 Å². The van der Waals surface area contributed by atoms with Gasteiger partial charge in [0.1, 0.15) is 36.3 Å². The lowest BCUT2D eigenvalue weighted by Gasteiger charge is -2.28. The van der Waals surface area contributed by atoms with Crippen molar-refractivity contribution in [1.29, 1.82) is 0 Å². The van der Waals surface area contributed by atoms with Crippen LogP contribution in [0.2, 0.25) is 0 Å². The first-order chi connectivity index (χ1) is 47.2. The molecule has 26 N–H and O–H groups in total. The summed E-state index contributed by atoms with van der Waals surface area (Å²) >= 11 is 0. The quantitative estimate of drug-likeness (QED) is 0.0148. The number of nitrogens with one attached hydrogen (secondary N) is 10. The molecule has 3 aromatic heterocycles. The Kier molecular flexibility index (Phi) is 32.2. The predicted molar refractivity (Wildman–Crippen MR) is 383 cm³/mol. The summed E-state index contributed by atoms with van der Waals surface area (Å²) in [5.74, 6) is -6.01. The van der Waals surface area contributed by atoms with Crippen molar-refractivity contribution >= 4 is 97.8 Å². The number of primary amides is 1. The van der Waals surface area contributed by atoms with E-state index in [0.29, 0.717) is 48.9 Å². The third-order valence-electron chi connectivity index (χ3n) is 17.1. The van der Waals surface area contributed by atoms with Crippen LogP contribution in [0.25, 0.3) is 32.7 Å². The van der Waals surface area contributed by atoms with Crippen LogP contribution in [0.3, 0.4) is 0 Å². The van der Waals surface area contributed by atoms with Crippen molar-refractivity contribution in [3.05, 3.63) is 108 Å². The van der Waals surface area contributed by atoms with Gasteiger partial charge in [-0.3, -0.25) is 53.3 Å². The highest BCUT2D eigenvalue weighted by molar-refractivity contribution is 5.99. The number of nitrogens with two attached hydrogens (primary N) is 8. The van der Waals surface area contributed by atoms with Crippen LogP contribution in [0.1, 0.15) is 146 Å². The number of amides is 8. The second-order valence-electron chi connectivity index (χ2n) is 24.8. The molecule has 98 heavy (non-hydrogen) atoms. The Morgan fingerprint density at radius 1 is 0.388 bits per heavy atom. The normalized spacial score (nSPS) is 13.4. The van der Waals surface area contributed by atoms with Gasteiger partial charge in [0.15, 0.2) is 17.9 Å². The first-order valence-electron chi connectivity index (χ1n) is 34.2. The molecule has 0 aliphatic heterocycles. The van der Waals surface area contributed by atoms with Crippen molar-refractivity contribution in [1.82, 2.24) is 52.2 Å². The fraction of sp³-hybridized carbons (Fsp3) is 0.493. The van der Waals surface area contributed by atoms with E-state index in [4.69, 9.17) is 45.9 Å². The molecule has 532 valence electrons. The fourth-order valence-electron chi connectivity index (χ4n) is 11.7. The van der Waals surface area contributed by atoms with Crippen LogP contribution in [0.5, 0.6) is 0 Å². The van der Waals surface area contributed by atoms with Crippen molar-refractivity contribution in [3.63, 3.8) is 0 Å². The number of rotatable bonds is 46. The number of carbonyl (C=O) groups excluding carboxylic acids is 8. The summed E-state index contributed by atoms with van der Waals surface area (Å²) < 4.78 is 0. The maximum absolute atomic E-state index is 15.3. The highest BCUT2D eigenvalue weighted by Gasteiger charge is 2.35. The van der Waals surface area contributed by atoms with Crippen molar-refractivity contribution in [3.8, 4) is 0 Å². The van der Waals surface area contributed by atoms with Crippen LogP contribution in [-0.4, -0.2) is 149 Å². The highest BCUT2D eigenvalue weighted by atomic mass is 16.2. The number of fused-ring (bicyclic) bond motifs is 3. The number of benzene rings is 3. The van der Waals surface area contributed by atoms with Gasteiger partial charge in [0.05, 0.1) is 6.04 Å². The lowest BCUT2D eigenvalue weighted by molar-refractivity contribution is -0.135. The molecule has 6 rings (SSSR count). The maximum atomic E-state index is 15.3. The third-order valence-corrected chi connectivity index (χ3v) is 17.1. The molecule has 0 aliphatic carbocycles. The summed E-state index contributed by atoms with van der Waals surface area (Å²) in [6, 6.07) is 12.9. The largest absolute Gasteiger partial charge is 0.370 e. The molecule has 3 heterocycles. The molecule has 8 amide bonds. The third kappa shape index (κ3) is 26.1. The van der Waals surface area contributed by atoms with E-state index in [2.05, 4.69) is 74.1 Å². The molecule has 3 aromatic carbocycles. The van der Waals surface area contributed by atoms with Gasteiger partial charge < -0.3 is 98.0 Å². The number of hydrogen-bond donors (Lipinski definition) is 18. The molecule has 7 atom stereocenters. The second kappa shape index (κ2) is 41.0. The Morgan fingerprint density at radius 3 is 1.12 bits per heavy atom. The van der Waals surface area contributed by atoms with Gasteiger partial charge in [0.2, 0.25) is 47.3 Å². The van der Waals surface area contributed by atoms with Gasteiger partial charge >= 0.3 is 0 Å². The van der Waals surface area contributed by atoms with Crippen LogP contribution in [0.15, 0.2) is 106 Å². The second-order valence-corrected chi connectivity index (χ2v) is 24.8. The van der Waals surface area contributed by atoms with Gasteiger partial charge in [-0.05, 0) is 99.1 Å². The molecule has 0 fully saturated rings. The molecule has 0 spiro atoms. The number of H-pyrrole nitrogens is 3. The Hall–Kier alpha value is -10.2. The lowest BCUT2D eigenvalue weighted by Crippen LogP contribution is -2.60. The van der Waals surface area contributed by atoms with Crippen LogP contribution in [-0.2, 0) is 57.6 Å². The van der Waals surface area contributed by atoms with E-state index < -0.39 is 83.6 Å². The van der Waals surface area contributed by atoms with Gasteiger partial charge in [0.25, 0.3) is 0 Å². The van der Waals surface area contributed by atoms with Crippen LogP contribution >= 0.6 is 0 Å². The minimum absolute atomic E-state index is 0.0361. The molecule has 0 unspecified atom stereocenters. The molecular formula is C69H103N21O8. The number of guanidine groups is 3. The molecule has 29 heteroatoms. The van der Waals surface area contributed by atoms with Crippen LogP contribution in [0, 0.1) is 0 Å². The number of para-hydroxylation sites is 3. The molecule has 0 aliphatic rings. The van der Waals surface area contributed by atoms with Gasteiger partial charge in [0, 0.05) is 103 Å². The zero-order chi connectivity index (χ0) is 70.8. The number of aliphatic imine (C=N–C) groups is 3. The topological polar surface area (TPSA) is 513 Å². The van der Waals surface area contributed by atoms with Crippen molar-refractivity contribution in [2.75, 3.05) is 26.2 Å². The smallest absolute Gasteiger partial charge is 0.243 e. The Labute approximate surface area is 571 Å². The summed E-state index contributed by atoms with van der Waals surface area (Å²) in [7, 11) is 0. The lowest BCUT2D eigenvalue weighted by atomic mass is 10.0. The highest BCUT2D eigenvalue weighted by Crippen LogP contribution is 2.23. The molecule has 0 saturated carbocycles. The average molecular weight is 1350 g/mol. The number of aromatic nitrogens is 3. The molecule has 6 aromatic rings. The maximum Gasteiger partial charge on any atom is 0.243 e. The summed E-state index contributed by atoms with van der Waals surface area (Å²) in [5, 5.41) is 22.2. The molecular weight excluding hydrogens is 1250 g/mol. The summed E-state index contributed by atoms with van der Waals surface area (Å²) in [4.78, 5) is 136. The minimum Gasteiger partial charge on any atom is -0.370 e. The molecule has 0 bridgehead atoms. The van der Waals surface area contributed by atoms with E-state index in [1.165, 1.54) is 38.5 Å². The van der Waals surface area contributed by atoms with E-state index in [-0.39, 0.29) is 101 Å². The number of unbranched alkanes of at least 4 members (excludes halogenated alkanes) is 9. The van der Waals surface area contributed by atoms with Crippen LogP contribution < -0.4 is 83.1 Å². The summed E-state index contributed by atoms with van der Waals surface area (Å²) in [6.07, 6.45) is 17.3. The number of aromatic amines is 3. The monoisotopic (exact) mass is 1350 g/mol. The fourth-order valence-corrected chi connectivity index (χ4v) is 11.7. The Balaban J connectivity index is 1.25. The predicted octanol–water partition coefficient (Wildman–Crippen LogP) is 2.25. The van der Waals surface area contributed by atoms with E-state index in [9.17, 15) is 24.0 Å². The zero-order valence-corrected chi connectivity index (χ0v) is 56.3. The van der Waals surface area contributed by atoms with Crippen molar-refractivity contribution in [2.45, 2.75) is 190 Å².